The molecule has 4 aromatic rings. The van der Waals surface area contributed by atoms with Gasteiger partial charge < -0.3 is 28.6 Å². The van der Waals surface area contributed by atoms with Gasteiger partial charge in [0.05, 0.1) is 23.7 Å². The number of pyridine rings is 1. The summed E-state index contributed by atoms with van der Waals surface area (Å²) in [4.78, 5) is 33.8. The minimum absolute atomic E-state index is 0.0705. The number of piperazine rings is 1. The van der Waals surface area contributed by atoms with Crippen molar-refractivity contribution in [1.29, 1.82) is 0 Å². The number of fused-ring (bicyclic) bond motifs is 7. The fourth-order valence-corrected chi connectivity index (χ4v) is 9.31. The number of hydrogen-bond donors (Lipinski definition) is 0. The van der Waals surface area contributed by atoms with E-state index in [0.29, 0.717) is 42.9 Å². The van der Waals surface area contributed by atoms with Crippen molar-refractivity contribution in [2.75, 3.05) is 51.7 Å². The van der Waals surface area contributed by atoms with Gasteiger partial charge in [-0.1, -0.05) is 12.1 Å². The summed E-state index contributed by atoms with van der Waals surface area (Å²) in [6, 6.07) is 6.81. The van der Waals surface area contributed by atoms with Crippen LogP contribution in [-0.2, 0) is 9.47 Å². The van der Waals surface area contributed by atoms with Crippen LogP contribution in [0.5, 0.6) is 17.6 Å². The van der Waals surface area contributed by atoms with Crippen molar-refractivity contribution in [3.63, 3.8) is 0 Å². The number of anilines is 1. The molecule has 0 spiro atoms. The number of ether oxygens (including phenoxy) is 5. The molecule has 5 atom stereocenters. The van der Waals surface area contributed by atoms with E-state index in [2.05, 4.69) is 14.8 Å². The zero-order valence-electron chi connectivity index (χ0n) is 30.7. The first-order chi connectivity index (χ1) is 25.9. The average molecular weight is 749 g/mol. The fraction of sp³-hybridized carbons (Fsp3) is 0.538. The van der Waals surface area contributed by atoms with Crippen LogP contribution in [0, 0.1) is 11.6 Å². The summed E-state index contributed by atoms with van der Waals surface area (Å²) >= 11 is 0. The Labute approximate surface area is 310 Å². The van der Waals surface area contributed by atoms with Gasteiger partial charge in [0.25, 0.3) is 0 Å². The highest BCUT2D eigenvalue weighted by atomic mass is 19.1. The normalized spacial score (nSPS) is 26.1. The number of halogens is 3. The van der Waals surface area contributed by atoms with Gasteiger partial charge in [0.15, 0.2) is 12.6 Å². The SMILES string of the molecule is COCOc1cc(-c2nc3c4c(nc(OC[C@@]56CCCN5C[C@H](F)C6)nc4c2F)N2CC4CCC(C2CO3)N4C(=O)OC(C)(C)C)c2c(F)cccc2c1. The van der Waals surface area contributed by atoms with Crippen LogP contribution in [0.1, 0.15) is 52.9 Å². The first-order valence-electron chi connectivity index (χ1n) is 18.6. The Balaban J connectivity index is 1.19. The number of carbonyl (C=O) groups excluding carboxylic acids is 1. The number of nitrogens with zero attached hydrogens (tertiary/aromatic N) is 6. The predicted octanol–water partition coefficient (Wildman–Crippen LogP) is 6.41. The molecule has 4 fully saturated rings. The van der Waals surface area contributed by atoms with E-state index in [9.17, 15) is 9.18 Å². The third-order valence-corrected chi connectivity index (χ3v) is 11.5. The van der Waals surface area contributed by atoms with Gasteiger partial charge in [0.1, 0.15) is 59.0 Å². The highest BCUT2D eigenvalue weighted by molar-refractivity contribution is 6.02. The van der Waals surface area contributed by atoms with E-state index < -0.39 is 41.1 Å². The smallest absolute Gasteiger partial charge is 0.410 e. The van der Waals surface area contributed by atoms with E-state index in [1.54, 1.807) is 18.2 Å². The molecule has 15 heteroatoms. The first-order valence-corrected chi connectivity index (χ1v) is 18.6. The summed E-state index contributed by atoms with van der Waals surface area (Å²) in [6.07, 6.45) is 2.13. The van der Waals surface area contributed by atoms with Crippen LogP contribution in [0.2, 0.25) is 0 Å². The third-order valence-electron chi connectivity index (χ3n) is 11.5. The van der Waals surface area contributed by atoms with Crippen LogP contribution in [0.15, 0.2) is 30.3 Å². The molecule has 2 bridgehead atoms. The quantitative estimate of drug-likeness (QED) is 0.196. The Morgan fingerprint density at radius 1 is 1.06 bits per heavy atom. The minimum atomic E-state index is -0.960. The molecule has 3 unspecified atom stereocenters. The number of alkyl halides is 1. The monoisotopic (exact) mass is 748 g/mol. The molecule has 0 aliphatic carbocycles. The van der Waals surface area contributed by atoms with Crippen molar-refractivity contribution in [2.45, 2.75) is 88.3 Å². The Morgan fingerprint density at radius 2 is 1.91 bits per heavy atom. The van der Waals surface area contributed by atoms with Gasteiger partial charge in [-0.3, -0.25) is 9.80 Å². The highest BCUT2D eigenvalue weighted by Crippen LogP contribution is 2.47. The average Bonchev–Trinajstić information content (AvgIpc) is 3.73. The summed E-state index contributed by atoms with van der Waals surface area (Å²) in [5.74, 6) is -0.626. The summed E-state index contributed by atoms with van der Waals surface area (Å²) in [6.45, 7) is 7.17. The molecule has 1 amide bonds. The second-order valence-electron chi connectivity index (χ2n) is 16.1. The van der Waals surface area contributed by atoms with Crippen LogP contribution in [0.25, 0.3) is 32.9 Å². The predicted molar refractivity (Wildman–Crippen MR) is 193 cm³/mol. The maximum atomic E-state index is 17.4. The van der Waals surface area contributed by atoms with Crippen LogP contribution in [-0.4, -0.2) is 113 Å². The lowest BCUT2D eigenvalue weighted by molar-refractivity contribution is 0.00537. The van der Waals surface area contributed by atoms with Crippen LogP contribution < -0.4 is 19.1 Å². The van der Waals surface area contributed by atoms with E-state index in [-0.39, 0.29) is 71.5 Å². The van der Waals surface area contributed by atoms with Gasteiger partial charge in [0.2, 0.25) is 5.88 Å². The largest absolute Gasteiger partial charge is 0.475 e. The van der Waals surface area contributed by atoms with Gasteiger partial charge >= 0.3 is 12.1 Å². The van der Waals surface area contributed by atoms with Crippen LogP contribution in [0.3, 0.4) is 0 Å². The molecule has 5 aliphatic heterocycles. The van der Waals surface area contributed by atoms with E-state index in [1.807, 2.05) is 25.7 Å². The Kier molecular flexibility index (Phi) is 8.45. The van der Waals surface area contributed by atoms with Crippen molar-refractivity contribution >= 4 is 33.6 Å². The van der Waals surface area contributed by atoms with E-state index >= 15 is 8.78 Å². The molecule has 7 heterocycles. The summed E-state index contributed by atoms with van der Waals surface area (Å²) < 4.78 is 77.2. The molecule has 12 nitrogen and oxygen atoms in total. The summed E-state index contributed by atoms with van der Waals surface area (Å²) in [5, 5.41) is 0.862. The Bertz CT molecular complexity index is 2150. The van der Waals surface area contributed by atoms with E-state index in [0.717, 1.165) is 25.8 Å². The number of methoxy groups -OCH3 is 1. The second kappa shape index (κ2) is 13.0. The van der Waals surface area contributed by atoms with Gasteiger partial charge in [-0.15, -0.1) is 0 Å². The lowest BCUT2D eigenvalue weighted by Gasteiger charge is -2.46. The molecule has 0 N–H and O–H groups in total. The number of aromatic nitrogens is 3. The zero-order valence-corrected chi connectivity index (χ0v) is 30.7. The van der Waals surface area contributed by atoms with Gasteiger partial charge in [-0.25, -0.2) is 22.9 Å². The number of benzene rings is 2. The minimum Gasteiger partial charge on any atom is -0.475 e. The van der Waals surface area contributed by atoms with Gasteiger partial charge in [0, 0.05) is 37.6 Å². The molecule has 2 aromatic carbocycles. The molecule has 0 saturated carbocycles. The van der Waals surface area contributed by atoms with Crippen molar-refractivity contribution < 1.29 is 41.7 Å². The molecule has 5 aliphatic rings. The zero-order chi connectivity index (χ0) is 37.5. The molecule has 0 radical (unpaired) electrons. The van der Waals surface area contributed by atoms with Crippen molar-refractivity contribution in [3.05, 3.63) is 42.0 Å². The van der Waals surface area contributed by atoms with Crippen molar-refractivity contribution in [2.24, 2.45) is 0 Å². The first kappa shape index (κ1) is 35.1. The number of amides is 1. The number of rotatable bonds is 7. The standard InChI is InChI=1S/C39H43F3N6O6/c1-38(2,3)54-37(49)48-23-9-10-27(48)28-18-51-35-30-33(31(42)32(43-35)25-14-24(53-20-50-4)13-21-7-5-8-26(41)29(21)25)44-36(45-34(30)47(28)17-23)52-19-39-11-6-12-46(39)16-22(40)15-39/h5,7-8,13-14,22-23,27-28H,6,9-12,15-20H2,1-4H3/t22-,23?,27?,28?,39+/m1/s1. The maximum absolute atomic E-state index is 17.4. The lowest BCUT2D eigenvalue weighted by atomic mass is 9.95. The molecule has 2 aromatic heterocycles. The van der Waals surface area contributed by atoms with Crippen molar-refractivity contribution in [1.82, 2.24) is 24.8 Å². The number of carbonyl (C=O) groups is 1. The topological polar surface area (TPSA) is 112 Å². The molecule has 54 heavy (non-hydrogen) atoms. The molecule has 286 valence electrons. The molecule has 4 saturated heterocycles. The van der Waals surface area contributed by atoms with Gasteiger partial charge in [-0.2, -0.15) is 9.97 Å². The second-order valence-corrected chi connectivity index (χ2v) is 16.1. The highest BCUT2D eigenvalue weighted by Gasteiger charge is 2.52. The molecular weight excluding hydrogens is 705 g/mol. The fourth-order valence-electron chi connectivity index (χ4n) is 9.31. The van der Waals surface area contributed by atoms with E-state index in [1.165, 1.54) is 19.2 Å². The van der Waals surface area contributed by atoms with Crippen LogP contribution >= 0.6 is 0 Å². The summed E-state index contributed by atoms with van der Waals surface area (Å²) in [7, 11) is 1.48. The number of hydrogen-bond acceptors (Lipinski definition) is 11. The lowest BCUT2D eigenvalue weighted by Crippen LogP contribution is -2.63. The summed E-state index contributed by atoms with van der Waals surface area (Å²) in [5.41, 5.74) is -1.35. The molecular formula is C39H43F3N6O6. The Morgan fingerprint density at radius 3 is 2.72 bits per heavy atom. The van der Waals surface area contributed by atoms with Crippen molar-refractivity contribution in [3.8, 4) is 28.9 Å². The third kappa shape index (κ3) is 5.81. The Hall–Kier alpha value is -4.63. The molecule has 9 rings (SSSR count). The van der Waals surface area contributed by atoms with Crippen LogP contribution in [0.4, 0.5) is 23.8 Å². The van der Waals surface area contributed by atoms with E-state index in [4.69, 9.17) is 33.7 Å². The maximum Gasteiger partial charge on any atom is 0.410 e. The van der Waals surface area contributed by atoms with Gasteiger partial charge in [-0.05, 0) is 76.6 Å².